The van der Waals surface area contributed by atoms with E-state index in [-0.39, 0.29) is 5.91 Å². The molecule has 1 aliphatic rings. The summed E-state index contributed by atoms with van der Waals surface area (Å²) in [7, 11) is 5.25. The summed E-state index contributed by atoms with van der Waals surface area (Å²) in [5.74, 6) is 0.979. The van der Waals surface area contributed by atoms with Gasteiger partial charge in [0.2, 0.25) is 5.91 Å². The minimum Gasteiger partial charge on any atom is -0.495 e. The Balaban J connectivity index is 2.29. The maximum atomic E-state index is 11.9. The first-order valence-electron chi connectivity index (χ1n) is 6.24. The Kier molecular flexibility index (Phi) is 3.75. The first-order valence-corrected chi connectivity index (χ1v) is 6.24. The largest absolute Gasteiger partial charge is 0.495 e. The van der Waals surface area contributed by atoms with Crippen molar-refractivity contribution in [3.05, 3.63) is 23.8 Å². The number of para-hydroxylation sites is 1. The summed E-state index contributed by atoms with van der Waals surface area (Å²) >= 11 is 0. The van der Waals surface area contributed by atoms with E-state index in [1.807, 2.05) is 12.1 Å². The van der Waals surface area contributed by atoms with Gasteiger partial charge in [-0.15, -0.1) is 0 Å². The van der Waals surface area contributed by atoms with Crippen molar-refractivity contribution in [3.63, 3.8) is 0 Å². The summed E-state index contributed by atoms with van der Waals surface area (Å²) in [4.78, 5) is 15.6. The lowest BCUT2D eigenvalue weighted by Gasteiger charge is -2.32. The van der Waals surface area contributed by atoms with E-state index >= 15 is 0 Å². The average molecular weight is 248 g/mol. The first kappa shape index (κ1) is 12.7. The highest BCUT2D eigenvalue weighted by molar-refractivity contribution is 5.82. The van der Waals surface area contributed by atoms with E-state index in [0.29, 0.717) is 6.54 Å². The van der Waals surface area contributed by atoms with E-state index in [1.54, 1.807) is 26.1 Å². The number of likely N-dealkylation sites (N-methyl/N-ethyl adjacent to an activating group) is 1. The molecule has 1 amide bonds. The van der Waals surface area contributed by atoms with Gasteiger partial charge in [0.15, 0.2) is 0 Å². The zero-order valence-corrected chi connectivity index (χ0v) is 11.3. The van der Waals surface area contributed by atoms with Crippen molar-refractivity contribution in [1.82, 2.24) is 4.90 Å². The highest BCUT2D eigenvalue weighted by Crippen LogP contribution is 2.35. The number of hydrogen-bond donors (Lipinski definition) is 0. The number of anilines is 1. The molecule has 98 valence electrons. The second kappa shape index (κ2) is 5.29. The third kappa shape index (κ3) is 2.42. The number of fused-ring (bicyclic) bond motifs is 1. The quantitative estimate of drug-likeness (QED) is 0.813. The summed E-state index contributed by atoms with van der Waals surface area (Å²) in [6.45, 7) is 1.33. The van der Waals surface area contributed by atoms with Gasteiger partial charge in [0.25, 0.3) is 0 Å². The number of hydrogen-bond acceptors (Lipinski definition) is 3. The van der Waals surface area contributed by atoms with Gasteiger partial charge in [0, 0.05) is 20.6 Å². The lowest BCUT2D eigenvalue weighted by atomic mass is 10.0. The van der Waals surface area contributed by atoms with Crippen LogP contribution in [0.15, 0.2) is 18.2 Å². The summed E-state index contributed by atoms with van der Waals surface area (Å²) < 4.78 is 5.42. The molecular weight excluding hydrogens is 228 g/mol. The van der Waals surface area contributed by atoms with Crippen molar-refractivity contribution in [2.75, 3.05) is 39.2 Å². The van der Waals surface area contributed by atoms with E-state index in [2.05, 4.69) is 11.0 Å². The van der Waals surface area contributed by atoms with Gasteiger partial charge in [-0.05, 0) is 24.5 Å². The molecule has 0 saturated carbocycles. The van der Waals surface area contributed by atoms with Crippen molar-refractivity contribution in [2.24, 2.45) is 0 Å². The molecule has 0 fully saturated rings. The van der Waals surface area contributed by atoms with Gasteiger partial charge in [-0.2, -0.15) is 0 Å². The molecule has 1 heterocycles. The molecule has 0 saturated heterocycles. The summed E-state index contributed by atoms with van der Waals surface area (Å²) in [6, 6.07) is 6.08. The standard InChI is InChI=1S/C14H20N2O2/c1-15(2)13(17)10-16-9-5-7-11-6-4-8-12(18-3)14(11)16/h4,6,8H,5,7,9-10H2,1-3H3. The fourth-order valence-corrected chi connectivity index (χ4v) is 2.33. The average Bonchev–Trinajstić information content (AvgIpc) is 2.38. The Bertz CT molecular complexity index is 429. The minimum atomic E-state index is 0.119. The van der Waals surface area contributed by atoms with E-state index in [0.717, 1.165) is 30.8 Å². The number of benzene rings is 1. The Hall–Kier alpha value is -1.71. The number of amides is 1. The molecule has 2 rings (SSSR count). The van der Waals surface area contributed by atoms with E-state index < -0.39 is 0 Å². The molecule has 0 aromatic heterocycles. The van der Waals surface area contributed by atoms with Crippen LogP contribution in [-0.4, -0.2) is 45.1 Å². The van der Waals surface area contributed by atoms with Crippen LogP contribution in [0, 0.1) is 0 Å². The van der Waals surface area contributed by atoms with Gasteiger partial charge in [-0.25, -0.2) is 0 Å². The smallest absolute Gasteiger partial charge is 0.241 e. The third-order valence-electron chi connectivity index (χ3n) is 3.32. The monoisotopic (exact) mass is 248 g/mol. The number of carbonyl (C=O) groups excluding carboxylic acids is 1. The fourth-order valence-electron chi connectivity index (χ4n) is 2.33. The lowest BCUT2D eigenvalue weighted by molar-refractivity contribution is -0.127. The van der Waals surface area contributed by atoms with Crippen molar-refractivity contribution >= 4 is 11.6 Å². The van der Waals surface area contributed by atoms with Crippen molar-refractivity contribution < 1.29 is 9.53 Å². The fraction of sp³-hybridized carbons (Fsp3) is 0.500. The van der Waals surface area contributed by atoms with Crippen molar-refractivity contribution in [1.29, 1.82) is 0 Å². The Labute approximate surface area is 108 Å². The Morgan fingerprint density at radius 3 is 2.89 bits per heavy atom. The molecule has 0 N–H and O–H groups in total. The zero-order valence-electron chi connectivity index (χ0n) is 11.3. The molecule has 4 nitrogen and oxygen atoms in total. The van der Waals surface area contributed by atoms with Crippen LogP contribution in [0.1, 0.15) is 12.0 Å². The second-order valence-electron chi connectivity index (χ2n) is 4.78. The lowest BCUT2D eigenvalue weighted by Crippen LogP contribution is -2.39. The number of nitrogens with zero attached hydrogens (tertiary/aromatic N) is 2. The number of rotatable bonds is 3. The topological polar surface area (TPSA) is 32.8 Å². The molecule has 0 radical (unpaired) electrons. The summed E-state index contributed by atoms with van der Waals surface area (Å²) in [6.07, 6.45) is 2.14. The van der Waals surface area contributed by atoms with Crippen LogP contribution in [0.4, 0.5) is 5.69 Å². The SMILES string of the molecule is COc1cccc2c1N(CC(=O)N(C)C)CCC2. The molecule has 0 aliphatic carbocycles. The van der Waals surface area contributed by atoms with Gasteiger partial charge in [0.1, 0.15) is 5.75 Å². The predicted molar refractivity (Wildman–Crippen MR) is 72.2 cm³/mol. The zero-order chi connectivity index (χ0) is 13.1. The molecule has 0 spiro atoms. The molecule has 0 unspecified atom stereocenters. The van der Waals surface area contributed by atoms with Crippen LogP contribution in [0.3, 0.4) is 0 Å². The van der Waals surface area contributed by atoms with Crippen molar-refractivity contribution in [2.45, 2.75) is 12.8 Å². The Morgan fingerprint density at radius 2 is 2.22 bits per heavy atom. The molecule has 18 heavy (non-hydrogen) atoms. The molecular formula is C14H20N2O2. The van der Waals surface area contributed by atoms with E-state index in [1.165, 1.54) is 5.56 Å². The van der Waals surface area contributed by atoms with Crippen LogP contribution in [0.5, 0.6) is 5.75 Å². The van der Waals surface area contributed by atoms with Gasteiger partial charge in [-0.3, -0.25) is 4.79 Å². The van der Waals surface area contributed by atoms with Gasteiger partial charge in [0.05, 0.1) is 19.3 Å². The highest BCUT2D eigenvalue weighted by Gasteiger charge is 2.22. The van der Waals surface area contributed by atoms with Crippen LogP contribution < -0.4 is 9.64 Å². The maximum absolute atomic E-state index is 11.9. The molecule has 0 atom stereocenters. The molecule has 1 aromatic carbocycles. The third-order valence-corrected chi connectivity index (χ3v) is 3.32. The van der Waals surface area contributed by atoms with Crippen LogP contribution in [0.25, 0.3) is 0 Å². The van der Waals surface area contributed by atoms with Gasteiger partial charge >= 0.3 is 0 Å². The predicted octanol–water partition coefficient (Wildman–Crippen LogP) is 1.54. The van der Waals surface area contributed by atoms with Crippen LogP contribution in [0.2, 0.25) is 0 Å². The highest BCUT2D eigenvalue weighted by atomic mass is 16.5. The number of ether oxygens (including phenoxy) is 1. The van der Waals surface area contributed by atoms with Crippen LogP contribution >= 0.6 is 0 Å². The van der Waals surface area contributed by atoms with Crippen LogP contribution in [-0.2, 0) is 11.2 Å². The summed E-state index contributed by atoms with van der Waals surface area (Å²) in [5, 5.41) is 0. The molecule has 1 aromatic rings. The van der Waals surface area contributed by atoms with E-state index in [4.69, 9.17) is 4.74 Å². The van der Waals surface area contributed by atoms with E-state index in [9.17, 15) is 4.79 Å². The number of aryl methyl sites for hydroxylation is 1. The minimum absolute atomic E-state index is 0.119. The summed E-state index contributed by atoms with van der Waals surface area (Å²) in [5.41, 5.74) is 2.36. The molecule has 1 aliphatic heterocycles. The van der Waals surface area contributed by atoms with Crippen molar-refractivity contribution in [3.8, 4) is 5.75 Å². The first-order chi connectivity index (χ1) is 8.63. The number of carbonyl (C=O) groups is 1. The molecule has 4 heteroatoms. The maximum Gasteiger partial charge on any atom is 0.241 e. The molecule has 0 bridgehead atoms. The second-order valence-corrected chi connectivity index (χ2v) is 4.78. The number of methoxy groups -OCH3 is 1. The van der Waals surface area contributed by atoms with Gasteiger partial charge < -0.3 is 14.5 Å². The normalized spacial score (nSPS) is 14.1. The Morgan fingerprint density at radius 1 is 1.44 bits per heavy atom. The van der Waals surface area contributed by atoms with Gasteiger partial charge in [-0.1, -0.05) is 12.1 Å².